The van der Waals surface area contributed by atoms with Crippen LogP contribution in [-0.4, -0.2) is 27.6 Å². The van der Waals surface area contributed by atoms with Gasteiger partial charge in [-0.2, -0.15) is 9.61 Å². The minimum atomic E-state index is -0.605. The van der Waals surface area contributed by atoms with Crippen LogP contribution in [0.5, 0.6) is 5.75 Å². The summed E-state index contributed by atoms with van der Waals surface area (Å²) in [5.74, 6) is -0.344. The molecule has 0 aliphatic rings. The highest BCUT2D eigenvalue weighted by molar-refractivity contribution is 7.19. The van der Waals surface area contributed by atoms with Crippen LogP contribution in [0.25, 0.3) is 15.5 Å². The van der Waals surface area contributed by atoms with Crippen LogP contribution in [0.4, 0.5) is 4.39 Å². The van der Waals surface area contributed by atoms with E-state index in [4.69, 9.17) is 16.3 Å². The van der Waals surface area contributed by atoms with E-state index in [1.165, 1.54) is 34.1 Å². The monoisotopic (exact) mass is 444 g/mol. The van der Waals surface area contributed by atoms with Gasteiger partial charge in [-0.25, -0.2) is 9.37 Å². The van der Waals surface area contributed by atoms with E-state index in [0.29, 0.717) is 15.7 Å². The lowest BCUT2D eigenvalue weighted by Gasteiger charge is -2.05. The van der Waals surface area contributed by atoms with Gasteiger partial charge in [0.1, 0.15) is 16.6 Å². The molecule has 0 saturated carbocycles. The summed E-state index contributed by atoms with van der Waals surface area (Å²) >= 11 is 6.96. The molecule has 0 aliphatic carbocycles. The zero-order valence-corrected chi connectivity index (χ0v) is 17.1. The summed E-state index contributed by atoms with van der Waals surface area (Å²) in [7, 11) is 1.58. The SMILES string of the molecule is COc1ccc(-c2nn3c(=O)cc(CNC(=O)c4ccc(F)c(Cl)c4)nc3s2)cc1. The molecule has 2 aromatic carbocycles. The standard InChI is InChI=1S/C20H14ClFN4O3S/c1-29-14-5-2-11(3-6-14)19-25-26-17(27)9-13(24-20(26)30-19)10-23-18(28)12-4-7-16(22)15(21)8-12/h2-9H,10H2,1H3,(H,23,28). The van der Waals surface area contributed by atoms with Crippen molar-refractivity contribution in [3.63, 3.8) is 0 Å². The third-order valence-corrected chi connectivity index (χ3v) is 5.49. The summed E-state index contributed by atoms with van der Waals surface area (Å²) in [6, 6.07) is 12.3. The normalized spacial score (nSPS) is 10.9. The van der Waals surface area contributed by atoms with Crippen LogP contribution >= 0.6 is 22.9 Å². The van der Waals surface area contributed by atoms with E-state index in [1.807, 2.05) is 12.1 Å². The topological polar surface area (TPSA) is 85.6 Å². The molecule has 0 saturated heterocycles. The van der Waals surface area contributed by atoms with Gasteiger partial charge in [-0.1, -0.05) is 22.9 Å². The Balaban J connectivity index is 1.55. The van der Waals surface area contributed by atoms with Crippen LogP contribution in [-0.2, 0) is 6.54 Å². The smallest absolute Gasteiger partial charge is 0.275 e. The molecule has 30 heavy (non-hydrogen) atoms. The van der Waals surface area contributed by atoms with Crippen LogP contribution < -0.4 is 15.6 Å². The fourth-order valence-electron chi connectivity index (χ4n) is 2.71. The quantitative estimate of drug-likeness (QED) is 0.508. The molecule has 0 spiro atoms. The highest BCUT2D eigenvalue weighted by atomic mass is 35.5. The van der Waals surface area contributed by atoms with Crippen LogP contribution in [0.15, 0.2) is 53.3 Å². The number of carbonyl (C=O) groups excluding carboxylic acids is 1. The molecule has 0 bridgehead atoms. The van der Waals surface area contributed by atoms with Crippen molar-refractivity contribution in [1.29, 1.82) is 0 Å². The van der Waals surface area contributed by atoms with Gasteiger partial charge in [0.15, 0.2) is 0 Å². The molecule has 0 atom stereocenters. The summed E-state index contributed by atoms with van der Waals surface area (Å²) in [4.78, 5) is 29.5. The summed E-state index contributed by atoms with van der Waals surface area (Å²) in [5, 5.41) is 7.45. The van der Waals surface area contributed by atoms with Gasteiger partial charge in [0.2, 0.25) is 4.96 Å². The molecular formula is C20H14ClFN4O3S. The summed E-state index contributed by atoms with van der Waals surface area (Å²) in [6.07, 6.45) is 0. The number of aromatic nitrogens is 3. The largest absolute Gasteiger partial charge is 0.497 e. The zero-order chi connectivity index (χ0) is 21.3. The summed E-state index contributed by atoms with van der Waals surface area (Å²) in [6.45, 7) is 0.0232. The van der Waals surface area contributed by atoms with Crippen molar-refractivity contribution in [2.24, 2.45) is 0 Å². The number of halogens is 2. The first kappa shape index (κ1) is 20.0. The Labute approximate surface area is 178 Å². The minimum Gasteiger partial charge on any atom is -0.497 e. The van der Waals surface area contributed by atoms with Crippen molar-refractivity contribution in [1.82, 2.24) is 19.9 Å². The Morgan fingerprint density at radius 1 is 1.23 bits per heavy atom. The van der Waals surface area contributed by atoms with Crippen molar-refractivity contribution < 1.29 is 13.9 Å². The molecule has 7 nitrogen and oxygen atoms in total. The van der Waals surface area contributed by atoms with Crippen molar-refractivity contribution in [2.75, 3.05) is 7.11 Å². The van der Waals surface area contributed by atoms with E-state index < -0.39 is 11.7 Å². The highest BCUT2D eigenvalue weighted by Gasteiger charge is 2.13. The van der Waals surface area contributed by atoms with E-state index in [1.54, 1.807) is 19.2 Å². The Kier molecular flexibility index (Phi) is 5.47. The number of rotatable bonds is 5. The second kappa shape index (κ2) is 8.21. The average Bonchev–Trinajstić information content (AvgIpc) is 3.19. The van der Waals surface area contributed by atoms with E-state index in [2.05, 4.69) is 15.4 Å². The van der Waals surface area contributed by atoms with Crippen LogP contribution in [0.2, 0.25) is 5.02 Å². The molecule has 10 heteroatoms. The fourth-order valence-corrected chi connectivity index (χ4v) is 3.82. The van der Waals surface area contributed by atoms with E-state index in [0.717, 1.165) is 17.4 Å². The van der Waals surface area contributed by atoms with Gasteiger partial charge in [0.05, 0.1) is 24.4 Å². The van der Waals surface area contributed by atoms with Gasteiger partial charge >= 0.3 is 0 Å². The van der Waals surface area contributed by atoms with E-state index in [9.17, 15) is 14.0 Å². The number of hydrogen-bond donors (Lipinski definition) is 1. The van der Waals surface area contributed by atoms with Crippen molar-refractivity contribution in [3.8, 4) is 16.3 Å². The summed E-state index contributed by atoms with van der Waals surface area (Å²) in [5.41, 5.74) is 1.06. The molecule has 0 aliphatic heterocycles. The predicted octanol–water partition coefficient (Wildman–Crippen LogP) is 3.55. The fraction of sp³-hybridized carbons (Fsp3) is 0.100. The first-order valence-electron chi connectivity index (χ1n) is 8.72. The Morgan fingerprint density at radius 2 is 2.00 bits per heavy atom. The molecule has 0 unspecified atom stereocenters. The molecule has 4 rings (SSSR count). The van der Waals surface area contributed by atoms with Crippen molar-refractivity contribution in [2.45, 2.75) is 6.54 Å². The first-order valence-corrected chi connectivity index (χ1v) is 9.91. The number of benzene rings is 2. The molecule has 0 radical (unpaired) electrons. The number of amides is 1. The average molecular weight is 445 g/mol. The number of methoxy groups -OCH3 is 1. The molecular weight excluding hydrogens is 431 g/mol. The maximum atomic E-state index is 13.2. The van der Waals surface area contributed by atoms with Gasteiger partial charge in [-0.3, -0.25) is 9.59 Å². The first-order chi connectivity index (χ1) is 14.4. The number of hydrogen-bond acceptors (Lipinski definition) is 6. The Bertz CT molecular complexity index is 1300. The van der Waals surface area contributed by atoms with Crippen LogP contribution in [0, 0.1) is 5.82 Å². The van der Waals surface area contributed by atoms with E-state index >= 15 is 0 Å². The number of nitrogens with one attached hydrogen (secondary N) is 1. The zero-order valence-electron chi connectivity index (χ0n) is 15.6. The van der Waals surface area contributed by atoms with E-state index in [-0.39, 0.29) is 22.7 Å². The molecule has 0 fully saturated rings. The van der Waals surface area contributed by atoms with Crippen LogP contribution in [0.3, 0.4) is 0 Å². The lowest BCUT2D eigenvalue weighted by atomic mass is 10.2. The second-order valence-corrected chi connectivity index (χ2v) is 7.59. The molecule has 2 heterocycles. The third kappa shape index (κ3) is 4.03. The third-order valence-electron chi connectivity index (χ3n) is 4.25. The summed E-state index contributed by atoms with van der Waals surface area (Å²) < 4.78 is 19.6. The van der Waals surface area contributed by atoms with Crippen LogP contribution in [0.1, 0.15) is 16.1 Å². The number of fused-ring (bicyclic) bond motifs is 1. The van der Waals surface area contributed by atoms with Gasteiger partial charge in [-0.15, -0.1) is 0 Å². The molecule has 2 aromatic heterocycles. The maximum Gasteiger partial charge on any atom is 0.275 e. The van der Waals surface area contributed by atoms with Gasteiger partial charge in [0, 0.05) is 17.2 Å². The highest BCUT2D eigenvalue weighted by Crippen LogP contribution is 2.26. The number of carbonyl (C=O) groups is 1. The number of nitrogens with zero attached hydrogens (tertiary/aromatic N) is 3. The van der Waals surface area contributed by atoms with Gasteiger partial charge < -0.3 is 10.1 Å². The molecule has 1 amide bonds. The lowest BCUT2D eigenvalue weighted by molar-refractivity contribution is 0.0950. The van der Waals surface area contributed by atoms with Gasteiger partial charge in [0.25, 0.3) is 11.5 Å². The predicted molar refractivity (Wildman–Crippen MR) is 112 cm³/mol. The lowest BCUT2D eigenvalue weighted by Crippen LogP contribution is -2.25. The Morgan fingerprint density at radius 3 is 2.70 bits per heavy atom. The molecule has 152 valence electrons. The molecule has 4 aromatic rings. The van der Waals surface area contributed by atoms with Crippen molar-refractivity contribution >= 4 is 33.8 Å². The van der Waals surface area contributed by atoms with Crippen molar-refractivity contribution in [3.05, 3.63) is 81.0 Å². The molecule has 1 N–H and O–H groups in total. The number of ether oxygens (including phenoxy) is 1. The minimum absolute atomic E-state index is 0.0232. The Hall–Kier alpha value is -3.30. The second-order valence-electron chi connectivity index (χ2n) is 6.23. The van der Waals surface area contributed by atoms with Gasteiger partial charge in [-0.05, 0) is 42.5 Å². The maximum absolute atomic E-state index is 13.2.